The van der Waals surface area contributed by atoms with Crippen molar-refractivity contribution in [3.63, 3.8) is 0 Å². The number of carbonyl (C=O) groups excluding carboxylic acids is 2. The first-order valence-corrected chi connectivity index (χ1v) is 16.6. The number of rotatable bonds is 10. The minimum Gasteiger partial charge on any atom is -0.344 e. The number of H-pyrrole nitrogens is 1. The first kappa shape index (κ1) is 32.3. The molecule has 236 valence electrons. The number of carbonyl (C=O) groups is 2. The molecule has 1 atom stereocenters. The van der Waals surface area contributed by atoms with Gasteiger partial charge in [0.1, 0.15) is 6.04 Å². The lowest BCUT2D eigenvalue weighted by molar-refractivity contribution is -0.130. The molecule has 4 aromatic rings. The van der Waals surface area contributed by atoms with Gasteiger partial charge in [0.15, 0.2) is 5.82 Å². The van der Waals surface area contributed by atoms with E-state index >= 15 is 0 Å². The molecule has 13 heteroatoms. The summed E-state index contributed by atoms with van der Waals surface area (Å²) in [6, 6.07) is 18.6. The van der Waals surface area contributed by atoms with E-state index in [0.717, 1.165) is 53.5 Å². The third-order valence-corrected chi connectivity index (χ3v) is 9.38. The summed E-state index contributed by atoms with van der Waals surface area (Å²) in [4.78, 5) is 29.8. The molecule has 1 aliphatic carbocycles. The molecular formula is C32H36ClN7O4S. The average Bonchev–Trinajstić information content (AvgIpc) is 3.47. The van der Waals surface area contributed by atoms with Gasteiger partial charge in [0.05, 0.1) is 4.90 Å². The van der Waals surface area contributed by atoms with Gasteiger partial charge in [-0.2, -0.15) is 0 Å². The Hall–Kier alpha value is -4.10. The van der Waals surface area contributed by atoms with Gasteiger partial charge in [-0.15, -0.1) is 10.2 Å². The van der Waals surface area contributed by atoms with E-state index in [1.54, 1.807) is 36.4 Å². The number of nitrogens with one attached hydrogen (secondary N) is 3. The van der Waals surface area contributed by atoms with Crippen LogP contribution < -0.4 is 21.5 Å². The van der Waals surface area contributed by atoms with E-state index in [0.29, 0.717) is 24.0 Å². The Morgan fingerprint density at radius 3 is 2.22 bits per heavy atom. The zero-order chi connectivity index (χ0) is 32.1. The molecule has 7 N–H and O–H groups in total. The van der Waals surface area contributed by atoms with Crippen LogP contribution in [0.15, 0.2) is 71.6 Å². The van der Waals surface area contributed by atoms with E-state index in [1.807, 2.05) is 31.2 Å². The lowest BCUT2D eigenvalue weighted by Gasteiger charge is -2.28. The molecule has 11 nitrogen and oxygen atoms in total. The molecule has 0 spiro atoms. The van der Waals surface area contributed by atoms with Gasteiger partial charge in [0.2, 0.25) is 27.1 Å². The summed E-state index contributed by atoms with van der Waals surface area (Å²) in [5.74, 6) is 0.300. The summed E-state index contributed by atoms with van der Waals surface area (Å²) in [6.07, 6.45) is 3.55. The van der Waals surface area contributed by atoms with E-state index in [4.69, 9.17) is 22.5 Å². The molecule has 1 fully saturated rings. The van der Waals surface area contributed by atoms with Crippen LogP contribution in [-0.4, -0.2) is 48.0 Å². The molecule has 0 bridgehead atoms. The third kappa shape index (κ3) is 8.14. The van der Waals surface area contributed by atoms with Crippen molar-refractivity contribution in [1.82, 2.24) is 20.5 Å². The lowest BCUT2D eigenvalue weighted by Crippen LogP contribution is -2.48. The minimum absolute atomic E-state index is 0.0542. The van der Waals surface area contributed by atoms with Gasteiger partial charge in [-0.1, -0.05) is 30.3 Å². The van der Waals surface area contributed by atoms with Crippen LogP contribution in [0.3, 0.4) is 0 Å². The zero-order valence-corrected chi connectivity index (χ0v) is 26.4. The second kappa shape index (κ2) is 13.9. The van der Waals surface area contributed by atoms with Crippen LogP contribution >= 0.6 is 11.6 Å². The summed E-state index contributed by atoms with van der Waals surface area (Å²) in [6.45, 7) is 2.44. The van der Waals surface area contributed by atoms with Crippen LogP contribution in [0.5, 0.6) is 0 Å². The molecule has 0 radical (unpaired) electrons. The van der Waals surface area contributed by atoms with Gasteiger partial charge >= 0.3 is 0 Å². The number of aromatic nitrogens is 3. The number of aryl methyl sites for hydroxylation is 1. The quantitative estimate of drug-likeness (QED) is 0.170. The molecule has 0 saturated heterocycles. The maximum atomic E-state index is 13.6. The summed E-state index contributed by atoms with van der Waals surface area (Å²) < 4.78 is 23.5. The molecule has 0 unspecified atom stereocenters. The smallest absolute Gasteiger partial charge is 0.247 e. The van der Waals surface area contributed by atoms with Crippen molar-refractivity contribution in [3.05, 3.63) is 83.1 Å². The number of primary sulfonamides is 1. The van der Waals surface area contributed by atoms with Gasteiger partial charge in [-0.05, 0) is 115 Å². The van der Waals surface area contributed by atoms with Crippen molar-refractivity contribution in [2.24, 2.45) is 22.7 Å². The van der Waals surface area contributed by atoms with Crippen LogP contribution in [0, 0.1) is 18.8 Å². The lowest BCUT2D eigenvalue weighted by atomic mass is 9.81. The van der Waals surface area contributed by atoms with Gasteiger partial charge in [0, 0.05) is 23.6 Å². The van der Waals surface area contributed by atoms with Crippen LogP contribution in [0.25, 0.3) is 22.5 Å². The molecule has 2 amide bonds. The maximum Gasteiger partial charge on any atom is 0.247 e. The largest absolute Gasteiger partial charge is 0.344 e. The summed E-state index contributed by atoms with van der Waals surface area (Å²) >= 11 is 5.84. The standard InChI is InChI=1S/C32H36ClN7O4S/c1-19-16-26(45(35,43)44)14-15-27(19)22-6-2-20(3-7-22)17-28(37-30(41)24-8-4-21(18-34)5-9-24)31(42)36-25-12-10-23(11-13-25)29-38-32(33)40-39-29/h2-3,6-7,10-16,21,24,28H,4-5,8-9,17-18,34H2,1H3,(H,36,42)(H,37,41)(H2,35,43,44)(H,38,39,40)/t21-,24-,28-/m0/s1. The molecule has 1 aliphatic rings. The highest BCUT2D eigenvalue weighted by molar-refractivity contribution is 7.89. The summed E-state index contributed by atoms with van der Waals surface area (Å²) in [7, 11) is -3.80. The van der Waals surface area contributed by atoms with E-state index in [9.17, 15) is 18.0 Å². The monoisotopic (exact) mass is 649 g/mol. The van der Waals surface area contributed by atoms with Crippen molar-refractivity contribution in [3.8, 4) is 22.5 Å². The van der Waals surface area contributed by atoms with E-state index in [-0.39, 0.29) is 34.3 Å². The Morgan fingerprint density at radius 2 is 1.64 bits per heavy atom. The fourth-order valence-corrected chi connectivity index (χ4v) is 6.39. The van der Waals surface area contributed by atoms with E-state index in [1.165, 1.54) is 6.07 Å². The summed E-state index contributed by atoms with van der Waals surface area (Å²) in [5, 5.41) is 19.1. The number of hydrogen-bond donors (Lipinski definition) is 5. The van der Waals surface area contributed by atoms with E-state index in [2.05, 4.69) is 25.8 Å². The normalized spacial score (nSPS) is 17.4. The molecule has 1 saturated carbocycles. The van der Waals surface area contributed by atoms with Gasteiger partial charge < -0.3 is 21.4 Å². The van der Waals surface area contributed by atoms with Crippen LogP contribution in [0.4, 0.5) is 5.69 Å². The van der Waals surface area contributed by atoms with Crippen molar-refractivity contribution in [1.29, 1.82) is 0 Å². The number of amides is 2. The van der Waals surface area contributed by atoms with Crippen LogP contribution in [0.2, 0.25) is 5.28 Å². The maximum absolute atomic E-state index is 13.6. The summed E-state index contributed by atoms with van der Waals surface area (Å²) in [5.41, 5.74) is 10.5. The number of hydrogen-bond acceptors (Lipinski definition) is 7. The predicted molar refractivity (Wildman–Crippen MR) is 174 cm³/mol. The zero-order valence-electron chi connectivity index (χ0n) is 24.8. The Kier molecular flexibility index (Phi) is 9.98. The highest BCUT2D eigenvalue weighted by Crippen LogP contribution is 2.29. The topological polar surface area (TPSA) is 186 Å². The Balaban J connectivity index is 1.32. The Bertz CT molecular complexity index is 1770. The first-order valence-electron chi connectivity index (χ1n) is 14.7. The molecule has 0 aliphatic heterocycles. The molecular weight excluding hydrogens is 614 g/mol. The van der Waals surface area contributed by atoms with Gasteiger partial charge in [0.25, 0.3) is 0 Å². The van der Waals surface area contributed by atoms with Gasteiger partial charge in [-0.25, -0.2) is 13.6 Å². The second-order valence-corrected chi connectivity index (χ2v) is 13.4. The molecule has 45 heavy (non-hydrogen) atoms. The first-order chi connectivity index (χ1) is 21.5. The van der Waals surface area contributed by atoms with E-state index < -0.39 is 16.1 Å². The highest BCUT2D eigenvalue weighted by Gasteiger charge is 2.29. The number of halogens is 1. The number of anilines is 1. The number of nitrogens with zero attached hydrogens (tertiary/aromatic N) is 2. The number of sulfonamides is 1. The minimum atomic E-state index is -3.80. The van der Waals surface area contributed by atoms with Crippen LogP contribution in [-0.2, 0) is 26.0 Å². The van der Waals surface area contributed by atoms with Crippen molar-refractivity contribution < 1.29 is 18.0 Å². The molecule has 1 heterocycles. The molecule has 5 rings (SSSR count). The van der Waals surface area contributed by atoms with Crippen LogP contribution in [0.1, 0.15) is 36.8 Å². The number of benzene rings is 3. The number of aromatic amines is 1. The van der Waals surface area contributed by atoms with Crippen molar-refractivity contribution in [2.75, 3.05) is 11.9 Å². The molecule has 1 aromatic heterocycles. The fraction of sp³-hybridized carbons (Fsp3) is 0.312. The fourth-order valence-electron chi connectivity index (χ4n) is 5.66. The molecule has 3 aromatic carbocycles. The third-order valence-electron chi connectivity index (χ3n) is 8.30. The highest BCUT2D eigenvalue weighted by atomic mass is 35.5. The predicted octanol–water partition coefficient (Wildman–Crippen LogP) is 4.18. The Morgan fingerprint density at radius 1 is 0.978 bits per heavy atom. The average molecular weight is 650 g/mol. The SMILES string of the molecule is Cc1cc(S(N)(=O)=O)ccc1-c1ccc(C[C@H](NC(=O)[C@H]2CC[C@H](CN)CC2)C(=O)Nc2ccc(-c3nnc(Cl)[nH]3)cc2)cc1. The Labute approximate surface area is 267 Å². The van der Waals surface area contributed by atoms with Gasteiger partial charge in [-0.3, -0.25) is 9.59 Å². The number of nitrogens with two attached hydrogens (primary N) is 2. The van der Waals surface area contributed by atoms with Crippen molar-refractivity contribution >= 4 is 39.1 Å². The van der Waals surface area contributed by atoms with Crippen molar-refractivity contribution in [2.45, 2.75) is 50.0 Å². The second-order valence-electron chi connectivity index (χ2n) is 11.5.